The summed E-state index contributed by atoms with van der Waals surface area (Å²) in [6, 6.07) is 8.26. The zero-order valence-electron chi connectivity index (χ0n) is 12.6. The molecular weight excluding hydrogens is 312 g/mol. The van der Waals surface area contributed by atoms with Gasteiger partial charge in [0.2, 0.25) is 0 Å². The van der Waals surface area contributed by atoms with Crippen molar-refractivity contribution >= 4 is 17.3 Å². The summed E-state index contributed by atoms with van der Waals surface area (Å²) in [5.41, 5.74) is 0.518. The van der Waals surface area contributed by atoms with Crippen molar-refractivity contribution in [1.29, 1.82) is 0 Å². The Balaban J connectivity index is 1.92. The van der Waals surface area contributed by atoms with Crippen LogP contribution in [0.5, 0.6) is 5.75 Å². The Morgan fingerprint density at radius 2 is 2.00 bits per heavy atom. The maximum atomic E-state index is 10.7. The number of nitrogens with zero attached hydrogens (tertiary/aromatic N) is 5. The molecular formula is C15H12N6O3. The van der Waals surface area contributed by atoms with Gasteiger partial charge in [-0.15, -0.1) is 0 Å². The molecule has 0 aromatic carbocycles. The van der Waals surface area contributed by atoms with Crippen molar-refractivity contribution in [2.45, 2.75) is 0 Å². The van der Waals surface area contributed by atoms with E-state index in [9.17, 15) is 10.1 Å². The molecule has 1 N–H and O–H groups in total. The van der Waals surface area contributed by atoms with Gasteiger partial charge in [-0.1, -0.05) is 6.07 Å². The minimum atomic E-state index is -0.513. The molecule has 3 aromatic heterocycles. The third-order valence-corrected chi connectivity index (χ3v) is 3.07. The molecule has 3 heterocycles. The Morgan fingerprint density at radius 3 is 2.62 bits per heavy atom. The highest BCUT2D eigenvalue weighted by Gasteiger charge is 2.12. The third-order valence-electron chi connectivity index (χ3n) is 3.07. The zero-order chi connectivity index (χ0) is 16.9. The number of rotatable bonds is 5. The van der Waals surface area contributed by atoms with Crippen LogP contribution in [0.3, 0.4) is 0 Å². The van der Waals surface area contributed by atoms with Crippen molar-refractivity contribution in [3.05, 3.63) is 59.0 Å². The highest BCUT2D eigenvalue weighted by molar-refractivity contribution is 5.63. The van der Waals surface area contributed by atoms with Crippen LogP contribution in [0.2, 0.25) is 0 Å². The number of methoxy groups -OCH3 is 1. The molecule has 0 saturated heterocycles. The molecule has 0 saturated carbocycles. The fraction of sp³-hybridized carbons (Fsp3) is 0.0667. The predicted octanol–water partition coefficient (Wildman–Crippen LogP) is 2.59. The molecule has 0 radical (unpaired) electrons. The molecule has 3 rings (SSSR count). The summed E-state index contributed by atoms with van der Waals surface area (Å²) in [6.45, 7) is 0. The van der Waals surface area contributed by atoms with E-state index in [2.05, 4.69) is 25.3 Å². The largest absolute Gasteiger partial charge is 0.491 e. The third kappa shape index (κ3) is 3.24. The summed E-state index contributed by atoms with van der Waals surface area (Å²) in [7, 11) is 1.49. The summed E-state index contributed by atoms with van der Waals surface area (Å²) in [6.07, 6.45) is 4.33. The van der Waals surface area contributed by atoms with Gasteiger partial charge >= 0.3 is 0 Å². The second-order valence-electron chi connectivity index (χ2n) is 4.61. The van der Waals surface area contributed by atoms with E-state index in [-0.39, 0.29) is 5.69 Å². The zero-order valence-corrected chi connectivity index (χ0v) is 12.6. The molecule has 9 heteroatoms. The van der Waals surface area contributed by atoms with Crippen LogP contribution in [0.25, 0.3) is 11.5 Å². The standard InChI is InChI=1S/C15H12N6O3/c1-24-12-9-18-14(11-4-2-3-7-16-11)20-15(12)19-13-6-5-10(8-17-13)21(22)23/h2-9H,1H3,(H,17,18,19,20). The summed E-state index contributed by atoms with van der Waals surface area (Å²) in [4.78, 5) is 26.9. The van der Waals surface area contributed by atoms with Gasteiger partial charge in [0.25, 0.3) is 5.69 Å². The number of aromatic nitrogens is 4. The Labute approximate surface area is 136 Å². The van der Waals surface area contributed by atoms with Crippen molar-refractivity contribution in [3.63, 3.8) is 0 Å². The first-order chi connectivity index (χ1) is 11.7. The van der Waals surface area contributed by atoms with Gasteiger partial charge < -0.3 is 10.1 Å². The van der Waals surface area contributed by atoms with Crippen LogP contribution in [-0.2, 0) is 0 Å². The molecule has 0 unspecified atom stereocenters. The molecule has 0 spiro atoms. The van der Waals surface area contributed by atoms with Crippen molar-refractivity contribution in [2.24, 2.45) is 0 Å². The van der Waals surface area contributed by atoms with E-state index in [0.29, 0.717) is 28.9 Å². The smallest absolute Gasteiger partial charge is 0.287 e. The van der Waals surface area contributed by atoms with Crippen LogP contribution < -0.4 is 10.1 Å². The molecule has 0 atom stereocenters. The van der Waals surface area contributed by atoms with Crippen LogP contribution in [0.15, 0.2) is 48.9 Å². The summed E-state index contributed by atoms with van der Waals surface area (Å²) in [5, 5.41) is 13.6. The molecule has 0 amide bonds. The van der Waals surface area contributed by atoms with Gasteiger partial charge in [-0.3, -0.25) is 15.1 Å². The van der Waals surface area contributed by atoms with Crippen LogP contribution in [-0.4, -0.2) is 32.0 Å². The lowest BCUT2D eigenvalue weighted by Gasteiger charge is -2.10. The van der Waals surface area contributed by atoms with Crippen LogP contribution >= 0.6 is 0 Å². The highest BCUT2D eigenvalue weighted by Crippen LogP contribution is 2.26. The van der Waals surface area contributed by atoms with Gasteiger partial charge in [0.05, 0.1) is 18.2 Å². The SMILES string of the molecule is COc1cnc(-c2ccccn2)nc1Nc1ccc([N+](=O)[O-])cn1. The van der Waals surface area contributed by atoms with Gasteiger partial charge in [-0.05, 0) is 18.2 Å². The van der Waals surface area contributed by atoms with Gasteiger partial charge in [0, 0.05) is 12.3 Å². The number of ether oxygens (including phenoxy) is 1. The number of anilines is 2. The number of hydrogen-bond donors (Lipinski definition) is 1. The maximum absolute atomic E-state index is 10.7. The Hall–Kier alpha value is -3.62. The summed E-state index contributed by atoms with van der Waals surface area (Å²) >= 11 is 0. The molecule has 9 nitrogen and oxygen atoms in total. The van der Waals surface area contributed by atoms with Gasteiger partial charge in [0.15, 0.2) is 17.4 Å². The van der Waals surface area contributed by atoms with Gasteiger partial charge in [0.1, 0.15) is 17.7 Å². The fourth-order valence-electron chi connectivity index (χ4n) is 1.92. The van der Waals surface area contributed by atoms with Crippen molar-refractivity contribution < 1.29 is 9.66 Å². The molecule has 0 aliphatic rings. The fourth-order valence-corrected chi connectivity index (χ4v) is 1.92. The lowest BCUT2D eigenvalue weighted by Crippen LogP contribution is -2.02. The van der Waals surface area contributed by atoms with Gasteiger partial charge in [-0.25, -0.2) is 15.0 Å². The molecule has 24 heavy (non-hydrogen) atoms. The predicted molar refractivity (Wildman–Crippen MR) is 86.0 cm³/mol. The molecule has 3 aromatic rings. The Morgan fingerprint density at radius 1 is 1.12 bits per heavy atom. The minimum Gasteiger partial charge on any atom is -0.491 e. The lowest BCUT2D eigenvalue weighted by atomic mass is 10.3. The van der Waals surface area contributed by atoms with E-state index in [1.54, 1.807) is 18.3 Å². The lowest BCUT2D eigenvalue weighted by molar-refractivity contribution is -0.385. The van der Waals surface area contributed by atoms with E-state index in [4.69, 9.17) is 4.74 Å². The molecule has 120 valence electrons. The second-order valence-corrected chi connectivity index (χ2v) is 4.61. The van der Waals surface area contributed by atoms with Gasteiger partial charge in [-0.2, -0.15) is 0 Å². The number of nitrogens with one attached hydrogen (secondary N) is 1. The van der Waals surface area contributed by atoms with Crippen LogP contribution in [0.4, 0.5) is 17.3 Å². The van der Waals surface area contributed by atoms with E-state index in [1.165, 1.54) is 25.4 Å². The molecule has 0 fully saturated rings. The van der Waals surface area contributed by atoms with Crippen LogP contribution in [0.1, 0.15) is 0 Å². The first kappa shape index (κ1) is 15.3. The quantitative estimate of drug-likeness (QED) is 0.562. The van der Waals surface area contributed by atoms with Crippen molar-refractivity contribution in [2.75, 3.05) is 12.4 Å². The number of nitro groups is 1. The van der Waals surface area contributed by atoms with E-state index in [1.807, 2.05) is 6.07 Å². The Bertz CT molecular complexity index is 855. The highest BCUT2D eigenvalue weighted by atomic mass is 16.6. The topological polar surface area (TPSA) is 116 Å². The second kappa shape index (κ2) is 6.65. The van der Waals surface area contributed by atoms with E-state index < -0.39 is 4.92 Å². The minimum absolute atomic E-state index is 0.0932. The van der Waals surface area contributed by atoms with E-state index in [0.717, 1.165) is 6.20 Å². The molecule has 0 bridgehead atoms. The number of pyridine rings is 2. The Kier molecular flexibility index (Phi) is 4.23. The first-order valence-electron chi connectivity index (χ1n) is 6.87. The van der Waals surface area contributed by atoms with E-state index >= 15 is 0 Å². The summed E-state index contributed by atoms with van der Waals surface area (Å²) in [5.74, 6) is 1.61. The molecule has 0 aliphatic carbocycles. The average molecular weight is 324 g/mol. The van der Waals surface area contributed by atoms with Crippen LogP contribution in [0, 0.1) is 10.1 Å². The van der Waals surface area contributed by atoms with Crippen molar-refractivity contribution in [3.8, 4) is 17.3 Å². The number of hydrogen-bond acceptors (Lipinski definition) is 8. The monoisotopic (exact) mass is 324 g/mol. The molecule has 0 aliphatic heterocycles. The summed E-state index contributed by atoms with van der Waals surface area (Å²) < 4.78 is 5.23. The first-order valence-corrected chi connectivity index (χ1v) is 6.87. The maximum Gasteiger partial charge on any atom is 0.287 e. The van der Waals surface area contributed by atoms with Crippen molar-refractivity contribution in [1.82, 2.24) is 19.9 Å². The normalized spacial score (nSPS) is 10.2. The average Bonchev–Trinajstić information content (AvgIpc) is 2.63.